The number of hydrogen-bond acceptors (Lipinski definition) is 7. The molecule has 4 heterocycles. The molecule has 30 heavy (non-hydrogen) atoms. The summed E-state index contributed by atoms with van der Waals surface area (Å²) in [6, 6.07) is 8.37. The van der Waals surface area contributed by atoms with E-state index < -0.39 is 11.8 Å². The molecule has 0 saturated carbocycles. The van der Waals surface area contributed by atoms with E-state index in [1.54, 1.807) is 35.2 Å². The van der Waals surface area contributed by atoms with Gasteiger partial charge in [-0.3, -0.25) is 19.3 Å². The molecule has 5 rings (SSSR count). The van der Waals surface area contributed by atoms with E-state index in [1.807, 2.05) is 0 Å². The lowest BCUT2D eigenvalue weighted by atomic mass is 9.97. The molecule has 2 aliphatic rings. The molecule has 0 bridgehead atoms. The molecule has 3 aromatic rings. The molecule has 1 aromatic carbocycles. The average Bonchev–Trinajstić information content (AvgIpc) is 3.52. The highest BCUT2D eigenvalue weighted by Gasteiger charge is 2.37. The molecule has 0 aliphatic carbocycles. The van der Waals surface area contributed by atoms with Crippen LogP contribution in [0.1, 0.15) is 45.4 Å². The molecule has 0 N–H and O–H groups in total. The van der Waals surface area contributed by atoms with Crippen molar-refractivity contribution in [1.29, 1.82) is 0 Å². The number of carbonyl (C=O) groups is 3. The summed E-state index contributed by atoms with van der Waals surface area (Å²) in [5.74, 6) is -0.0800. The first-order chi connectivity index (χ1) is 14.6. The van der Waals surface area contributed by atoms with Gasteiger partial charge in [-0.25, -0.2) is 0 Å². The Labute approximate surface area is 171 Å². The fourth-order valence-corrected chi connectivity index (χ4v) is 3.90. The number of piperidine rings is 1. The first-order valence-electron chi connectivity index (χ1n) is 9.71. The van der Waals surface area contributed by atoms with Gasteiger partial charge in [0, 0.05) is 19.0 Å². The number of rotatable bonds is 4. The van der Waals surface area contributed by atoms with Gasteiger partial charge < -0.3 is 13.7 Å². The monoisotopic (exact) mass is 406 g/mol. The van der Waals surface area contributed by atoms with Crippen LogP contribution in [0.5, 0.6) is 0 Å². The molecule has 9 nitrogen and oxygen atoms in total. The number of benzene rings is 1. The van der Waals surface area contributed by atoms with Crippen LogP contribution < -0.4 is 0 Å². The zero-order valence-electron chi connectivity index (χ0n) is 16.0. The van der Waals surface area contributed by atoms with Crippen LogP contribution in [0.4, 0.5) is 0 Å². The van der Waals surface area contributed by atoms with Gasteiger partial charge in [0.25, 0.3) is 17.7 Å². The number of carbonyl (C=O) groups excluding carboxylic acids is 3. The van der Waals surface area contributed by atoms with Crippen LogP contribution in [0.15, 0.2) is 51.7 Å². The first-order valence-corrected chi connectivity index (χ1v) is 9.71. The Morgan fingerprint density at radius 3 is 2.37 bits per heavy atom. The van der Waals surface area contributed by atoms with Gasteiger partial charge in [-0.05, 0) is 31.0 Å². The Bertz CT molecular complexity index is 1080. The highest BCUT2D eigenvalue weighted by atomic mass is 16.4. The van der Waals surface area contributed by atoms with Crippen LogP contribution in [0.2, 0.25) is 0 Å². The maximum absolute atomic E-state index is 12.7. The zero-order valence-corrected chi connectivity index (χ0v) is 16.0. The van der Waals surface area contributed by atoms with Crippen molar-refractivity contribution in [3.8, 4) is 11.5 Å². The predicted octanol–water partition coefficient (Wildman–Crippen LogP) is 2.33. The van der Waals surface area contributed by atoms with E-state index in [1.165, 1.54) is 12.5 Å². The lowest BCUT2D eigenvalue weighted by Crippen LogP contribution is -2.45. The van der Waals surface area contributed by atoms with E-state index in [0.717, 1.165) is 10.5 Å². The summed E-state index contributed by atoms with van der Waals surface area (Å²) in [6.07, 6.45) is 4.41. The van der Waals surface area contributed by atoms with E-state index >= 15 is 0 Å². The number of nitrogens with zero attached hydrogens (tertiary/aromatic N) is 4. The van der Waals surface area contributed by atoms with Gasteiger partial charge in [0.1, 0.15) is 12.8 Å². The summed E-state index contributed by atoms with van der Waals surface area (Å²) in [4.78, 5) is 40.3. The van der Waals surface area contributed by atoms with E-state index in [2.05, 4.69) is 10.2 Å². The molecule has 2 aromatic heterocycles. The van der Waals surface area contributed by atoms with Crippen molar-refractivity contribution in [2.24, 2.45) is 0 Å². The molecular weight excluding hydrogens is 388 g/mol. The molecule has 9 heteroatoms. The predicted molar refractivity (Wildman–Crippen MR) is 102 cm³/mol. The quantitative estimate of drug-likeness (QED) is 0.612. The van der Waals surface area contributed by atoms with Crippen LogP contribution in [0.3, 0.4) is 0 Å². The highest BCUT2D eigenvalue weighted by molar-refractivity contribution is 6.22. The van der Waals surface area contributed by atoms with Crippen molar-refractivity contribution in [2.45, 2.75) is 18.8 Å². The second-order valence-corrected chi connectivity index (χ2v) is 7.35. The van der Waals surface area contributed by atoms with Gasteiger partial charge >= 0.3 is 0 Å². The Balaban J connectivity index is 1.20. The average molecular weight is 406 g/mol. The second-order valence-electron chi connectivity index (χ2n) is 7.35. The van der Waals surface area contributed by atoms with Gasteiger partial charge in [0.2, 0.25) is 11.8 Å². The summed E-state index contributed by atoms with van der Waals surface area (Å²) in [5, 5.41) is 8.19. The summed E-state index contributed by atoms with van der Waals surface area (Å²) in [7, 11) is 0. The van der Waals surface area contributed by atoms with Crippen LogP contribution in [-0.2, 0) is 4.79 Å². The fourth-order valence-electron chi connectivity index (χ4n) is 3.90. The molecule has 1 saturated heterocycles. The first kappa shape index (κ1) is 18.3. The number of imide groups is 1. The van der Waals surface area contributed by atoms with Crippen LogP contribution in [-0.4, -0.2) is 57.4 Å². The van der Waals surface area contributed by atoms with E-state index in [-0.39, 0.29) is 18.4 Å². The maximum atomic E-state index is 12.7. The van der Waals surface area contributed by atoms with Crippen LogP contribution in [0, 0.1) is 0 Å². The van der Waals surface area contributed by atoms with E-state index in [9.17, 15) is 14.4 Å². The minimum Gasteiger partial charge on any atom is -0.472 e. The third kappa shape index (κ3) is 3.08. The molecule has 3 amide bonds. The minimum atomic E-state index is -0.420. The second kappa shape index (κ2) is 7.25. The number of amides is 3. The summed E-state index contributed by atoms with van der Waals surface area (Å²) < 4.78 is 10.8. The SMILES string of the molecule is O=C(CN1C(=O)c2ccccc2C1=O)N1CCC(c2nnc(-c3ccoc3)o2)CC1. The number of furan rings is 1. The van der Waals surface area contributed by atoms with Crippen molar-refractivity contribution in [3.05, 3.63) is 59.9 Å². The normalized spacial score (nSPS) is 16.9. The summed E-state index contributed by atoms with van der Waals surface area (Å²) in [5.41, 5.74) is 1.42. The Morgan fingerprint density at radius 2 is 1.73 bits per heavy atom. The third-order valence-electron chi connectivity index (χ3n) is 5.58. The Hall–Kier alpha value is -3.75. The molecule has 1 fully saturated rings. The number of aromatic nitrogens is 2. The van der Waals surface area contributed by atoms with Gasteiger partial charge in [0.15, 0.2) is 0 Å². The van der Waals surface area contributed by atoms with Crippen LogP contribution in [0.25, 0.3) is 11.5 Å². The maximum Gasteiger partial charge on any atom is 0.262 e. The molecule has 0 radical (unpaired) electrons. The van der Waals surface area contributed by atoms with Gasteiger partial charge in [-0.1, -0.05) is 12.1 Å². The summed E-state index contributed by atoms with van der Waals surface area (Å²) >= 11 is 0. The number of likely N-dealkylation sites (tertiary alicyclic amines) is 1. The third-order valence-corrected chi connectivity index (χ3v) is 5.58. The van der Waals surface area contributed by atoms with Crippen molar-refractivity contribution in [1.82, 2.24) is 20.0 Å². The van der Waals surface area contributed by atoms with Gasteiger partial charge in [-0.15, -0.1) is 10.2 Å². The highest BCUT2D eigenvalue weighted by Crippen LogP contribution is 2.30. The smallest absolute Gasteiger partial charge is 0.262 e. The van der Waals surface area contributed by atoms with Gasteiger partial charge in [-0.2, -0.15) is 0 Å². The lowest BCUT2D eigenvalue weighted by Gasteiger charge is -2.31. The minimum absolute atomic E-state index is 0.0570. The molecular formula is C21H18N4O5. The Kier molecular flexibility index (Phi) is 4.42. The van der Waals surface area contributed by atoms with Crippen molar-refractivity contribution in [3.63, 3.8) is 0 Å². The molecule has 0 unspecified atom stereocenters. The number of fused-ring (bicyclic) bond motifs is 1. The Morgan fingerprint density at radius 1 is 1.03 bits per heavy atom. The van der Waals surface area contributed by atoms with E-state index in [4.69, 9.17) is 8.83 Å². The largest absolute Gasteiger partial charge is 0.472 e. The number of hydrogen-bond donors (Lipinski definition) is 0. The zero-order chi connectivity index (χ0) is 20.7. The van der Waals surface area contributed by atoms with Crippen molar-refractivity contribution < 1.29 is 23.2 Å². The van der Waals surface area contributed by atoms with Crippen molar-refractivity contribution in [2.75, 3.05) is 19.6 Å². The lowest BCUT2D eigenvalue weighted by molar-refractivity contribution is -0.132. The standard InChI is InChI=1S/C21H18N4O5/c26-17(11-25-20(27)15-3-1-2-4-16(15)21(25)28)24-8-5-13(6-9-24)18-22-23-19(30-18)14-7-10-29-12-14/h1-4,7,10,12-13H,5-6,8-9,11H2. The molecule has 2 aliphatic heterocycles. The molecule has 152 valence electrons. The fraction of sp³-hybridized carbons (Fsp3) is 0.286. The summed E-state index contributed by atoms with van der Waals surface area (Å²) in [6.45, 7) is 0.744. The van der Waals surface area contributed by atoms with Gasteiger partial charge in [0.05, 0.1) is 23.0 Å². The van der Waals surface area contributed by atoms with Crippen LogP contribution >= 0.6 is 0 Å². The molecule has 0 spiro atoms. The topological polar surface area (TPSA) is 110 Å². The molecule has 0 atom stereocenters. The van der Waals surface area contributed by atoms with E-state index in [0.29, 0.717) is 48.8 Å². The van der Waals surface area contributed by atoms with Crippen molar-refractivity contribution >= 4 is 17.7 Å².